The van der Waals surface area contributed by atoms with Crippen LogP contribution >= 0.6 is 11.8 Å². The largest absolute Gasteiger partial charge is 0.465 e. The van der Waals surface area contributed by atoms with Gasteiger partial charge in [-0.15, -0.1) is 0 Å². The molecule has 0 aromatic heterocycles. The fourth-order valence-electron chi connectivity index (χ4n) is 5.53. The summed E-state index contributed by atoms with van der Waals surface area (Å²) in [5.74, 6) is 3.05. The maximum atomic E-state index is 12.4. The molecule has 2 aromatic carbocycles. The molecule has 1 aliphatic heterocycles. The monoisotopic (exact) mass is 481 g/mol. The highest BCUT2D eigenvalue weighted by molar-refractivity contribution is 7.99. The Bertz CT molecular complexity index is 956. The summed E-state index contributed by atoms with van der Waals surface area (Å²) >= 11 is 2.12. The number of rotatable bonds is 8. The molecule has 184 valence electrons. The van der Waals surface area contributed by atoms with Gasteiger partial charge < -0.3 is 9.47 Å². The highest BCUT2D eigenvalue weighted by atomic mass is 32.2. The predicted molar refractivity (Wildman–Crippen MR) is 141 cm³/mol. The summed E-state index contributed by atoms with van der Waals surface area (Å²) in [6, 6.07) is 14.8. The lowest BCUT2D eigenvalue weighted by atomic mass is 9.83. The van der Waals surface area contributed by atoms with E-state index in [1.54, 1.807) is 0 Å². The van der Waals surface area contributed by atoms with E-state index in [-0.39, 0.29) is 12.1 Å². The summed E-state index contributed by atoms with van der Waals surface area (Å²) in [6.45, 7) is 6.97. The zero-order chi connectivity index (χ0) is 23.9. The van der Waals surface area contributed by atoms with Crippen LogP contribution < -0.4 is 0 Å². The van der Waals surface area contributed by atoms with Crippen LogP contribution in [0.4, 0.5) is 0 Å². The maximum absolute atomic E-state index is 12.4. The second-order valence-electron chi connectivity index (χ2n) is 9.84. The first-order chi connectivity index (χ1) is 16.6. The molecular formula is C29H39NO3S. The standard InChI is InChI=1S/C29H39NO3S/c1-21-9-7-8-12-25(21)27-17-23(13-14-26(27)29(31)32-3)19-33-22(2)18-30-15-16-34-20-28(30)24-10-5-4-6-11-24/h7-9,12-14,17,22,24,28H,4-6,10-11,15-16,18-20H2,1-3H3. The predicted octanol–water partition coefficient (Wildman–Crippen LogP) is 6.35. The van der Waals surface area contributed by atoms with E-state index in [9.17, 15) is 4.79 Å². The molecule has 2 aromatic rings. The Labute approximate surface area is 209 Å². The van der Waals surface area contributed by atoms with Crippen molar-refractivity contribution < 1.29 is 14.3 Å². The Balaban J connectivity index is 1.43. The van der Waals surface area contributed by atoms with Gasteiger partial charge in [0.05, 0.1) is 25.4 Å². The van der Waals surface area contributed by atoms with Gasteiger partial charge in [0, 0.05) is 30.6 Å². The van der Waals surface area contributed by atoms with Crippen molar-refractivity contribution in [3.05, 3.63) is 59.2 Å². The second kappa shape index (κ2) is 12.2. The smallest absolute Gasteiger partial charge is 0.338 e. The fourth-order valence-corrected chi connectivity index (χ4v) is 6.78. The molecule has 1 saturated heterocycles. The third-order valence-corrected chi connectivity index (χ3v) is 8.47. The van der Waals surface area contributed by atoms with E-state index in [0.29, 0.717) is 18.2 Å². The van der Waals surface area contributed by atoms with Gasteiger partial charge in [0.1, 0.15) is 0 Å². The minimum Gasteiger partial charge on any atom is -0.465 e. The molecule has 0 bridgehead atoms. The topological polar surface area (TPSA) is 38.8 Å². The van der Waals surface area contributed by atoms with Gasteiger partial charge >= 0.3 is 5.97 Å². The van der Waals surface area contributed by atoms with E-state index >= 15 is 0 Å². The number of hydrogen-bond donors (Lipinski definition) is 0. The van der Waals surface area contributed by atoms with E-state index in [0.717, 1.165) is 34.7 Å². The van der Waals surface area contributed by atoms with Gasteiger partial charge in [0.2, 0.25) is 0 Å². The lowest BCUT2D eigenvalue weighted by molar-refractivity contribution is 0.00969. The number of aryl methyl sites for hydroxylation is 1. The van der Waals surface area contributed by atoms with Gasteiger partial charge in [0.15, 0.2) is 0 Å². The summed E-state index contributed by atoms with van der Waals surface area (Å²) in [5.41, 5.74) is 4.77. The molecule has 1 aliphatic carbocycles. The number of carbonyl (C=O) groups excluding carboxylic acids is 1. The summed E-state index contributed by atoms with van der Waals surface area (Å²) in [5, 5.41) is 0. The minimum atomic E-state index is -0.309. The number of thioether (sulfide) groups is 1. The maximum Gasteiger partial charge on any atom is 0.338 e. The normalized spacial score (nSPS) is 20.7. The van der Waals surface area contributed by atoms with Crippen LogP contribution in [0.1, 0.15) is 60.5 Å². The first kappa shape index (κ1) is 25.3. The lowest BCUT2D eigenvalue weighted by Gasteiger charge is -2.42. The second-order valence-corrected chi connectivity index (χ2v) is 11.0. The van der Waals surface area contributed by atoms with Crippen molar-refractivity contribution >= 4 is 17.7 Å². The van der Waals surface area contributed by atoms with Crippen LogP contribution in [-0.4, -0.2) is 54.7 Å². The van der Waals surface area contributed by atoms with Gasteiger partial charge in [-0.3, -0.25) is 4.90 Å². The van der Waals surface area contributed by atoms with Crippen molar-refractivity contribution in [2.24, 2.45) is 5.92 Å². The van der Waals surface area contributed by atoms with Crippen molar-refractivity contribution in [3.8, 4) is 11.1 Å². The molecule has 5 heteroatoms. The Morgan fingerprint density at radius 3 is 2.68 bits per heavy atom. The third-order valence-electron chi connectivity index (χ3n) is 7.43. The Hall–Kier alpha value is -1.82. The van der Waals surface area contributed by atoms with E-state index in [4.69, 9.17) is 9.47 Å². The number of esters is 1. The number of nitrogens with zero attached hydrogens (tertiary/aromatic N) is 1. The lowest BCUT2D eigenvalue weighted by Crippen LogP contribution is -2.49. The third kappa shape index (κ3) is 6.24. The SMILES string of the molecule is COC(=O)c1ccc(COC(C)CN2CCSCC2C2CCCCC2)cc1-c1ccccc1C. The first-order valence-electron chi connectivity index (χ1n) is 12.8. The van der Waals surface area contributed by atoms with Gasteiger partial charge in [-0.1, -0.05) is 49.6 Å². The number of methoxy groups -OCH3 is 1. The Kier molecular flexibility index (Phi) is 9.10. The summed E-state index contributed by atoms with van der Waals surface area (Å²) in [6.07, 6.45) is 7.16. The number of ether oxygens (including phenoxy) is 2. The molecular weight excluding hydrogens is 442 g/mol. The Morgan fingerprint density at radius 1 is 1.12 bits per heavy atom. The minimum absolute atomic E-state index is 0.163. The number of benzene rings is 2. The van der Waals surface area contributed by atoms with Crippen molar-refractivity contribution in [1.29, 1.82) is 0 Å². The molecule has 2 unspecified atom stereocenters. The highest BCUT2D eigenvalue weighted by Gasteiger charge is 2.31. The summed E-state index contributed by atoms with van der Waals surface area (Å²) in [4.78, 5) is 15.1. The van der Waals surface area contributed by atoms with Crippen LogP contribution in [0, 0.1) is 12.8 Å². The summed E-state index contributed by atoms with van der Waals surface area (Å²) < 4.78 is 11.4. The molecule has 2 aliphatic rings. The average Bonchev–Trinajstić information content (AvgIpc) is 2.88. The molecule has 2 atom stereocenters. The molecule has 4 nitrogen and oxygen atoms in total. The molecule has 2 fully saturated rings. The zero-order valence-electron chi connectivity index (χ0n) is 20.9. The molecule has 0 radical (unpaired) electrons. The van der Waals surface area contributed by atoms with Crippen LogP contribution in [0.5, 0.6) is 0 Å². The first-order valence-corrected chi connectivity index (χ1v) is 13.9. The highest BCUT2D eigenvalue weighted by Crippen LogP contribution is 2.33. The van der Waals surface area contributed by atoms with Crippen molar-refractivity contribution in [2.75, 3.05) is 31.7 Å². The molecule has 4 rings (SSSR count). The van der Waals surface area contributed by atoms with Crippen molar-refractivity contribution in [2.45, 2.75) is 64.7 Å². The van der Waals surface area contributed by atoms with Crippen LogP contribution in [0.25, 0.3) is 11.1 Å². The van der Waals surface area contributed by atoms with Crippen molar-refractivity contribution in [3.63, 3.8) is 0 Å². The van der Waals surface area contributed by atoms with Gasteiger partial charge in [-0.25, -0.2) is 4.79 Å². The van der Waals surface area contributed by atoms with E-state index in [2.05, 4.69) is 48.7 Å². The van der Waals surface area contributed by atoms with Crippen LogP contribution in [0.2, 0.25) is 0 Å². The average molecular weight is 482 g/mol. The van der Waals surface area contributed by atoms with Gasteiger partial charge in [-0.05, 0) is 67.0 Å². The quantitative estimate of drug-likeness (QED) is 0.411. The van der Waals surface area contributed by atoms with Gasteiger partial charge in [0.25, 0.3) is 0 Å². The molecule has 0 N–H and O–H groups in total. The van der Waals surface area contributed by atoms with E-state index < -0.39 is 0 Å². The molecule has 0 spiro atoms. The van der Waals surface area contributed by atoms with Gasteiger partial charge in [-0.2, -0.15) is 11.8 Å². The molecule has 1 saturated carbocycles. The van der Waals surface area contributed by atoms with Crippen LogP contribution in [0.3, 0.4) is 0 Å². The number of hydrogen-bond acceptors (Lipinski definition) is 5. The molecule has 34 heavy (non-hydrogen) atoms. The van der Waals surface area contributed by atoms with Crippen molar-refractivity contribution in [1.82, 2.24) is 4.90 Å². The molecule has 1 heterocycles. The van der Waals surface area contributed by atoms with Crippen LogP contribution in [0.15, 0.2) is 42.5 Å². The van der Waals surface area contributed by atoms with Crippen LogP contribution in [-0.2, 0) is 16.1 Å². The van der Waals surface area contributed by atoms with E-state index in [1.165, 1.54) is 57.3 Å². The number of carbonyl (C=O) groups is 1. The van der Waals surface area contributed by atoms with E-state index in [1.807, 2.05) is 24.3 Å². The molecule has 0 amide bonds. The Morgan fingerprint density at radius 2 is 1.91 bits per heavy atom. The fraction of sp³-hybridized carbons (Fsp3) is 0.552. The summed E-state index contributed by atoms with van der Waals surface area (Å²) in [7, 11) is 1.43. The zero-order valence-corrected chi connectivity index (χ0v) is 21.7.